The van der Waals surface area contributed by atoms with Gasteiger partial charge in [-0.3, -0.25) is 4.79 Å². The molecule has 0 aliphatic heterocycles. The van der Waals surface area contributed by atoms with E-state index in [0.29, 0.717) is 6.42 Å². The molecule has 0 heterocycles. The lowest BCUT2D eigenvalue weighted by Crippen LogP contribution is -2.47. The number of allylic oxidation sites excluding steroid dienone is 2. The Labute approximate surface area is 73.8 Å². The first-order chi connectivity index (χ1) is 5.52. The van der Waals surface area contributed by atoms with Crippen LogP contribution >= 0.6 is 0 Å². The van der Waals surface area contributed by atoms with Crippen molar-refractivity contribution in [3.63, 3.8) is 0 Å². The summed E-state index contributed by atoms with van der Waals surface area (Å²) in [6, 6.07) is 0. The minimum absolute atomic E-state index is 0.164. The van der Waals surface area contributed by atoms with Crippen LogP contribution in [0.15, 0.2) is 11.6 Å². The van der Waals surface area contributed by atoms with Gasteiger partial charge in [-0.2, -0.15) is 0 Å². The molecule has 2 nitrogen and oxygen atoms in total. The number of ketones is 1. The number of carbonyl (C=O) groups is 1. The molecule has 0 aromatic carbocycles. The van der Waals surface area contributed by atoms with E-state index >= 15 is 0 Å². The predicted molar refractivity (Wildman–Crippen MR) is 49.8 cm³/mol. The van der Waals surface area contributed by atoms with Gasteiger partial charge in [0, 0.05) is 12.0 Å². The topological polar surface area (TPSA) is 43.1 Å². The van der Waals surface area contributed by atoms with E-state index in [1.807, 2.05) is 13.8 Å². The summed E-state index contributed by atoms with van der Waals surface area (Å²) in [6.45, 7) is 3.86. The van der Waals surface area contributed by atoms with Gasteiger partial charge >= 0.3 is 0 Å². The maximum Gasteiger partial charge on any atom is 0.157 e. The molecule has 12 heavy (non-hydrogen) atoms. The van der Waals surface area contributed by atoms with Crippen molar-refractivity contribution in [3.8, 4) is 0 Å². The number of hydrogen-bond donors (Lipinski definition) is 1. The molecule has 1 fully saturated rings. The van der Waals surface area contributed by atoms with E-state index in [2.05, 4.69) is 0 Å². The van der Waals surface area contributed by atoms with E-state index in [1.54, 1.807) is 6.08 Å². The third-order valence-corrected chi connectivity index (χ3v) is 2.33. The van der Waals surface area contributed by atoms with Crippen molar-refractivity contribution in [1.29, 1.82) is 0 Å². The Morgan fingerprint density at radius 3 is 2.42 bits per heavy atom. The molecular formula is C10H17NO. The highest BCUT2D eigenvalue weighted by Crippen LogP contribution is 2.32. The normalized spacial score (nSPS) is 19.6. The van der Waals surface area contributed by atoms with Crippen LogP contribution in [0.25, 0.3) is 0 Å². The molecule has 0 aromatic rings. The molecule has 1 aliphatic rings. The molecular weight excluding hydrogens is 150 g/mol. The molecule has 0 atom stereocenters. The van der Waals surface area contributed by atoms with Crippen molar-refractivity contribution in [2.24, 2.45) is 5.73 Å². The van der Waals surface area contributed by atoms with Crippen LogP contribution in [0.3, 0.4) is 0 Å². The molecule has 0 spiro atoms. The summed E-state index contributed by atoms with van der Waals surface area (Å²) in [5.74, 6) is 0.178. The second-order valence-corrected chi connectivity index (χ2v) is 4.08. The predicted octanol–water partition coefficient (Wildman–Crippen LogP) is 1.79. The van der Waals surface area contributed by atoms with E-state index in [-0.39, 0.29) is 11.3 Å². The molecule has 2 N–H and O–H groups in total. The van der Waals surface area contributed by atoms with Crippen LogP contribution in [0.1, 0.15) is 39.5 Å². The van der Waals surface area contributed by atoms with Crippen molar-refractivity contribution in [2.75, 3.05) is 0 Å². The molecule has 0 saturated heterocycles. The summed E-state index contributed by atoms with van der Waals surface area (Å²) >= 11 is 0. The van der Waals surface area contributed by atoms with Gasteiger partial charge in [-0.25, -0.2) is 0 Å². The van der Waals surface area contributed by atoms with Gasteiger partial charge in [0.1, 0.15) is 0 Å². The first-order valence-corrected chi connectivity index (χ1v) is 4.48. The third kappa shape index (κ3) is 2.45. The van der Waals surface area contributed by atoms with Gasteiger partial charge in [0.2, 0.25) is 0 Å². The van der Waals surface area contributed by atoms with Crippen LogP contribution in [0.4, 0.5) is 0 Å². The summed E-state index contributed by atoms with van der Waals surface area (Å²) in [4.78, 5) is 11.3. The van der Waals surface area contributed by atoms with Gasteiger partial charge < -0.3 is 5.73 Å². The first kappa shape index (κ1) is 9.46. The second kappa shape index (κ2) is 3.40. The Morgan fingerprint density at radius 2 is 2.08 bits per heavy atom. The van der Waals surface area contributed by atoms with Gasteiger partial charge in [-0.05, 0) is 39.2 Å². The number of carbonyl (C=O) groups excluding carboxylic acids is 1. The molecule has 1 rings (SSSR count). The van der Waals surface area contributed by atoms with E-state index in [4.69, 9.17) is 5.73 Å². The molecule has 2 heteroatoms. The molecule has 0 radical (unpaired) electrons. The average Bonchev–Trinajstić information content (AvgIpc) is 1.81. The smallest absolute Gasteiger partial charge is 0.157 e. The van der Waals surface area contributed by atoms with Gasteiger partial charge in [-0.1, -0.05) is 5.57 Å². The van der Waals surface area contributed by atoms with Crippen LogP contribution in [0.5, 0.6) is 0 Å². The molecule has 0 aromatic heterocycles. The summed E-state index contributed by atoms with van der Waals surface area (Å²) in [5.41, 5.74) is 6.82. The van der Waals surface area contributed by atoms with Gasteiger partial charge in [0.25, 0.3) is 0 Å². The Hall–Kier alpha value is -0.630. The van der Waals surface area contributed by atoms with Gasteiger partial charge in [-0.15, -0.1) is 0 Å². The molecule has 68 valence electrons. The van der Waals surface area contributed by atoms with Gasteiger partial charge in [0.05, 0.1) is 0 Å². The molecule has 0 unspecified atom stereocenters. The summed E-state index contributed by atoms with van der Waals surface area (Å²) in [6.07, 6.45) is 5.41. The van der Waals surface area contributed by atoms with Crippen molar-refractivity contribution < 1.29 is 4.79 Å². The van der Waals surface area contributed by atoms with Gasteiger partial charge in [0.15, 0.2) is 5.78 Å². The first-order valence-electron chi connectivity index (χ1n) is 4.48. The van der Waals surface area contributed by atoms with E-state index in [0.717, 1.165) is 18.4 Å². The van der Waals surface area contributed by atoms with Crippen LogP contribution in [0.2, 0.25) is 0 Å². The van der Waals surface area contributed by atoms with Crippen molar-refractivity contribution >= 4 is 5.78 Å². The lowest BCUT2D eigenvalue weighted by atomic mass is 9.74. The Bertz CT molecular complexity index is 210. The standard InChI is InChI=1S/C10H17NO/c1-8(2)6-9(12)7-10(11)4-3-5-10/h6H,3-5,7,11H2,1-2H3. The fourth-order valence-electron chi connectivity index (χ4n) is 1.53. The highest BCUT2D eigenvalue weighted by atomic mass is 16.1. The molecule has 1 saturated carbocycles. The fraction of sp³-hybridized carbons (Fsp3) is 0.700. The maximum atomic E-state index is 11.3. The summed E-state index contributed by atoms with van der Waals surface area (Å²) in [7, 11) is 0. The Morgan fingerprint density at radius 1 is 1.50 bits per heavy atom. The molecule has 1 aliphatic carbocycles. The summed E-state index contributed by atoms with van der Waals surface area (Å²) < 4.78 is 0. The second-order valence-electron chi connectivity index (χ2n) is 4.08. The number of nitrogens with two attached hydrogens (primary N) is 1. The van der Waals surface area contributed by atoms with Crippen molar-refractivity contribution in [2.45, 2.75) is 45.1 Å². The van der Waals surface area contributed by atoms with Crippen molar-refractivity contribution in [3.05, 3.63) is 11.6 Å². The Kier molecular flexibility index (Phi) is 2.68. The highest BCUT2D eigenvalue weighted by molar-refractivity contribution is 5.91. The molecule has 0 amide bonds. The lowest BCUT2D eigenvalue weighted by molar-refractivity contribution is -0.116. The number of rotatable bonds is 3. The number of hydrogen-bond acceptors (Lipinski definition) is 2. The largest absolute Gasteiger partial charge is 0.325 e. The quantitative estimate of drug-likeness (QED) is 0.651. The fourth-order valence-corrected chi connectivity index (χ4v) is 1.53. The minimum atomic E-state index is -0.164. The zero-order valence-electron chi connectivity index (χ0n) is 7.89. The SMILES string of the molecule is CC(C)=CC(=O)CC1(N)CCC1. The van der Waals surface area contributed by atoms with Crippen LogP contribution in [-0.2, 0) is 4.79 Å². The Balaban J connectivity index is 2.41. The maximum absolute atomic E-state index is 11.3. The summed E-state index contributed by atoms with van der Waals surface area (Å²) in [5, 5.41) is 0. The monoisotopic (exact) mass is 167 g/mol. The lowest BCUT2D eigenvalue weighted by Gasteiger charge is -2.37. The highest BCUT2D eigenvalue weighted by Gasteiger charge is 2.33. The van der Waals surface area contributed by atoms with E-state index < -0.39 is 0 Å². The average molecular weight is 167 g/mol. The van der Waals surface area contributed by atoms with Crippen LogP contribution in [0, 0.1) is 0 Å². The zero-order valence-corrected chi connectivity index (χ0v) is 7.89. The van der Waals surface area contributed by atoms with E-state index in [9.17, 15) is 4.79 Å². The van der Waals surface area contributed by atoms with Crippen molar-refractivity contribution in [1.82, 2.24) is 0 Å². The van der Waals surface area contributed by atoms with Crippen LogP contribution in [-0.4, -0.2) is 11.3 Å². The molecule has 0 bridgehead atoms. The van der Waals surface area contributed by atoms with E-state index in [1.165, 1.54) is 6.42 Å². The third-order valence-electron chi connectivity index (χ3n) is 2.33. The zero-order chi connectivity index (χ0) is 9.19. The van der Waals surface area contributed by atoms with Crippen LogP contribution < -0.4 is 5.73 Å². The minimum Gasteiger partial charge on any atom is -0.325 e.